The minimum atomic E-state index is 0. The van der Waals surface area contributed by atoms with E-state index in [9.17, 15) is 0 Å². The van der Waals surface area contributed by atoms with E-state index in [0.717, 1.165) is 37.5 Å². The van der Waals surface area contributed by atoms with Crippen molar-refractivity contribution in [3.8, 4) is 5.88 Å². The summed E-state index contributed by atoms with van der Waals surface area (Å²) in [5, 5.41) is 3.36. The maximum absolute atomic E-state index is 5.69. The number of halogens is 1. The van der Waals surface area contributed by atoms with Gasteiger partial charge in [0.1, 0.15) is 6.61 Å². The Kier molecular flexibility index (Phi) is 16.0. The lowest BCUT2D eigenvalue weighted by atomic mass is 10.2. The fourth-order valence-corrected chi connectivity index (χ4v) is 2.45. The molecule has 1 N–H and O–H groups in total. The van der Waals surface area contributed by atoms with Crippen LogP contribution in [-0.4, -0.2) is 56.3 Å². The number of unbranched alkanes of at least 4 members (excludes halogenated alkanes) is 3. The Morgan fingerprint density at radius 1 is 1.33 bits per heavy atom. The van der Waals surface area contributed by atoms with Crippen molar-refractivity contribution in [3.05, 3.63) is 36.5 Å². The van der Waals surface area contributed by atoms with Crippen molar-refractivity contribution < 1.29 is 9.47 Å². The highest BCUT2D eigenvalue weighted by Gasteiger charge is 2.08. The molecule has 0 aliphatic rings. The maximum Gasteiger partial charge on any atom is 0.218 e. The van der Waals surface area contributed by atoms with Crippen LogP contribution in [0.1, 0.15) is 38.2 Å². The smallest absolute Gasteiger partial charge is 0.218 e. The van der Waals surface area contributed by atoms with E-state index >= 15 is 0 Å². The number of methoxy groups -OCH3 is 1. The van der Waals surface area contributed by atoms with Crippen LogP contribution in [0, 0.1) is 0 Å². The van der Waals surface area contributed by atoms with Crippen molar-refractivity contribution in [3.63, 3.8) is 0 Å². The van der Waals surface area contributed by atoms with Gasteiger partial charge in [0.25, 0.3) is 0 Å². The van der Waals surface area contributed by atoms with Crippen LogP contribution in [0.15, 0.2) is 36.0 Å². The second-order valence-corrected chi connectivity index (χ2v) is 6.04. The van der Waals surface area contributed by atoms with Gasteiger partial charge in [0, 0.05) is 39.0 Å². The van der Waals surface area contributed by atoms with E-state index in [2.05, 4.69) is 35.8 Å². The zero-order valence-electron chi connectivity index (χ0n) is 16.9. The van der Waals surface area contributed by atoms with E-state index < -0.39 is 0 Å². The lowest BCUT2D eigenvalue weighted by molar-refractivity contribution is 0.143. The first-order valence-corrected chi connectivity index (χ1v) is 9.38. The molecule has 0 saturated heterocycles. The maximum atomic E-state index is 5.69. The Balaban J connectivity index is 0.00000676. The lowest BCUT2D eigenvalue weighted by Gasteiger charge is -2.22. The first-order chi connectivity index (χ1) is 12.7. The molecular formula is C20H35IN4O2. The van der Waals surface area contributed by atoms with Gasteiger partial charge in [-0.2, -0.15) is 0 Å². The summed E-state index contributed by atoms with van der Waals surface area (Å²) in [5.74, 6) is 1.53. The summed E-state index contributed by atoms with van der Waals surface area (Å²) in [7, 11) is 3.73. The van der Waals surface area contributed by atoms with Crippen LogP contribution in [0.2, 0.25) is 0 Å². The second kappa shape index (κ2) is 16.8. The number of hydrogen-bond acceptors (Lipinski definition) is 4. The van der Waals surface area contributed by atoms with Gasteiger partial charge in [-0.15, -0.1) is 30.6 Å². The SMILES string of the molecule is C=CCCCCCN(C)C(=NCc1cccnc1OCCOC)NCC.I. The quantitative estimate of drug-likeness (QED) is 0.150. The van der Waals surface area contributed by atoms with Crippen LogP contribution in [0.25, 0.3) is 0 Å². The zero-order valence-corrected chi connectivity index (χ0v) is 19.3. The van der Waals surface area contributed by atoms with Crippen molar-refractivity contribution in [1.29, 1.82) is 0 Å². The molecule has 0 aliphatic heterocycles. The van der Waals surface area contributed by atoms with Crippen molar-refractivity contribution >= 4 is 29.9 Å². The Morgan fingerprint density at radius 2 is 2.15 bits per heavy atom. The van der Waals surface area contributed by atoms with Gasteiger partial charge in [-0.1, -0.05) is 18.6 Å². The molecule has 0 spiro atoms. The average molecular weight is 490 g/mol. The number of aliphatic imine (C=N–C) groups is 1. The fourth-order valence-electron chi connectivity index (χ4n) is 2.45. The summed E-state index contributed by atoms with van der Waals surface area (Å²) in [5.41, 5.74) is 0.971. The van der Waals surface area contributed by atoms with Gasteiger partial charge in [-0.05, 0) is 32.3 Å². The molecule has 0 atom stereocenters. The molecule has 1 aromatic heterocycles. The van der Waals surface area contributed by atoms with Crippen LogP contribution in [0.3, 0.4) is 0 Å². The predicted octanol–water partition coefficient (Wildman–Crippen LogP) is 3.87. The number of guanidine groups is 1. The second-order valence-electron chi connectivity index (χ2n) is 6.04. The molecule has 1 heterocycles. The van der Waals surface area contributed by atoms with Crippen LogP contribution in [-0.2, 0) is 11.3 Å². The third-order valence-corrected chi connectivity index (χ3v) is 3.87. The monoisotopic (exact) mass is 490 g/mol. The van der Waals surface area contributed by atoms with Crippen molar-refractivity contribution in [1.82, 2.24) is 15.2 Å². The third-order valence-electron chi connectivity index (χ3n) is 3.87. The molecule has 6 nitrogen and oxygen atoms in total. The van der Waals surface area contributed by atoms with Crippen molar-refractivity contribution in [2.45, 2.75) is 39.2 Å². The Labute approximate surface area is 181 Å². The summed E-state index contributed by atoms with van der Waals surface area (Å²) < 4.78 is 10.7. The van der Waals surface area contributed by atoms with Crippen LogP contribution >= 0.6 is 24.0 Å². The van der Waals surface area contributed by atoms with Gasteiger partial charge in [-0.3, -0.25) is 0 Å². The van der Waals surface area contributed by atoms with Crippen molar-refractivity contribution in [2.24, 2.45) is 4.99 Å². The minimum Gasteiger partial charge on any atom is -0.475 e. The van der Waals surface area contributed by atoms with E-state index in [1.165, 1.54) is 12.8 Å². The molecule has 1 aromatic rings. The Bertz CT molecular complexity index is 540. The highest BCUT2D eigenvalue weighted by Crippen LogP contribution is 2.15. The summed E-state index contributed by atoms with van der Waals surface area (Å²) in [6.07, 6.45) is 8.35. The molecule has 0 aromatic carbocycles. The van der Waals surface area contributed by atoms with E-state index in [1.54, 1.807) is 13.3 Å². The summed E-state index contributed by atoms with van der Waals surface area (Å²) in [6, 6.07) is 3.90. The molecular weight excluding hydrogens is 455 g/mol. The number of nitrogens with zero attached hydrogens (tertiary/aromatic N) is 3. The largest absolute Gasteiger partial charge is 0.475 e. The first kappa shape index (κ1) is 25.6. The highest BCUT2D eigenvalue weighted by molar-refractivity contribution is 14.0. The average Bonchev–Trinajstić information content (AvgIpc) is 2.66. The van der Waals surface area contributed by atoms with Gasteiger partial charge in [-0.25, -0.2) is 9.98 Å². The van der Waals surface area contributed by atoms with Gasteiger partial charge in [0.2, 0.25) is 5.88 Å². The lowest BCUT2D eigenvalue weighted by Crippen LogP contribution is -2.39. The fraction of sp³-hybridized carbons (Fsp3) is 0.600. The van der Waals surface area contributed by atoms with Gasteiger partial charge < -0.3 is 19.7 Å². The molecule has 0 aliphatic carbocycles. The van der Waals surface area contributed by atoms with E-state index in [-0.39, 0.29) is 24.0 Å². The molecule has 27 heavy (non-hydrogen) atoms. The zero-order chi connectivity index (χ0) is 19.0. The van der Waals surface area contributed by atoms with E-state index in [0.29, 0.717) is 25.6 Å². The molecule has 1 rings (SSSR count). The standard InChI is InChI=1S/C20H34N4O2.HI/c1-5-7-8-9-10-14-24(3)20(21-6-2)23-17-18-12-11-13-22-19(18)26-16-15-25-4;/h5,11-13H,1,6-10,14-17H2,2-4H3,(H,21,23);1H. The van der Waals surface area contributed by atoms with Crippen LogP contribution in [0.4, 0.5) is 0 Å². The van der Waals surface area contributed by atoms with Gasteiger partial charge in [0.05, 0.1) is 13.2 Å². The molecule has 154 valence electrons. The molecule has 0 bridgehead atoms. The topological polar surface area (TPSA) is 59.0 Å². The van der Waals surface area contributed by atoms with E-state index in [4.69, 9.17) is 14.5 Å². The normalized spacial score (nSPS) is 10.9. The molecule has 0 unspecified atom stereocenters. The van der Waals surface area contributed by atoms with Crippen LogP contribution in [0.5, 0.6) is 5.88 Å². The molecule has 0 fully saturated rings. The number of aromatic nitrogens is 1. The Hall–Kier alpha value is -1.35. The summed E-state index contributed by atoms with van der Waals surface area (Å²) >= 11 is 0. The van der Waals surface area contributed by atoms with E-state index in [1.807, 2.05) is 18.2 Å². The first-order valence-electron chi connectivity index (χ1n) is 9.38. The minimum absolute atomic E-state index is 0. The third kappa shape index (κ3) is 11.2. The molecule has 7 heteroatoms. The number of rotatable bonds is 13. The van der Waals surface area contributed by atoms with Crippen LogP contribution < -0.4 is 10.1 Å². The highest BCUT2D eigenvalue weighted by atomic mass is 127. The summed E-state index contributed by atoms with van der Waals surface area (Å²) in [6.45, 7) is 9.21. The Morgan fingerprint density at radius 3 is 2.85 bits per heavy atom. The number of hydrogen-bond donors (Lipinski definition) is 1. The predicted molar refractivity (Wildman–Crippen MR) is 123 cm³/mol. The number of allylic oxidation sites excluding steroid dienone is 1. The number of ether oxygens (including phenoxy) is 2. The molecule has 0 radical (unpaired) electrons. The number of nitrogens with one attached hydrogen (secondary N) is 1. The molecule has 0 amide bonds. The van der Waals surface area contributed by atoms with Gasteiger partial charge >= 0.3 is 0 Å². The molecule has 0 saturated carbocycles. The summed E-state index contributed by atoms with van der Waals surface area (Å²) in [4.78, 5) is 11.2. The number of pyridine rings is 1. The van der Waals surface area contributed by atoms with Crippen molar-refractivity contribution in [2.75, 3.05) is 40.5 Å². The van der Waals surface area contributed by atoms with Gasteiger partial charge in [0.15, 0.2) is 5.96 Å².